The lowest BCUT2D eigenvalue weighted by Crippen LogP contribution is -2.12. The zero-order valence-electron chi connectivity index (χ0n) is 11.4. The van der Waals surface area contributed by atoms with Crippen LogP contribution in [0.4, 0.5) is 5.13 Å². The monoisotopic (exact) mass is 299 g/mol. The number of rotatable bonds is 4. The topological polar surface area (TPSA) is 72.7 Å². The molecule has 0 fully saturated rings. The van der Waals surface area contributed by atoms with Crippen molar-refractivity contribution in [3.8, 4) is 0 Å². The Morgan fingerprint density at radius 1 is 1.33 bits per heavy atom. The van der Waals surface area contributed by atoms with Crippen LogP contribution in [0.1, 0.15) is 21.7 Å². The quantitative estimate of drug-likeness (QED) is 0.802. The van der Waals surface area contributed by atoms with Crippen LogP contribution < -0.4 is 5.32 Å². The summed E-state index contributed by atoms with van der Waals surface area (Å²) in [5.41, 5.74) is 2.26. The molecule has 0 atom stereocenters. The number of amides is 1. The maximum Gasteiger partial charge on any atom is 0.279 e. The van der Waals surface area contributed by atoms with Crippen molar-refractivity contribution < 1.29 is 4.79 Å². The predicted molar refractivity (Wildman–Crippen MR) is 80.4 cm³/mol. The lowest BCUT2D eigenvalue weighted by Gasteiger charge is -1.99. The number of anilines is 1. The van der Waals surface area contributed by atoms with Crippen molar-refractivity contribution in [3.63, 3.8) is 0 Å². The highest BCUT2D eigenvalue weighted by Gasteiger charge is 2.12. The van der Waals surface area contributed by atoms with Crippen LogP contribution in [0.5, 0.6) is 0 Å². The summed E-state index contributed by atoms with van der Waals surface area (Å²) in [6.45, 7) is 2.46. The van der Waals surface area contributed by atoms with Gasteiger partial charge in [-0.05, 0) is 12.5 Å². The highest BCUT2D eigenvalue weighted by Crippen LogP contribution is 2.15. The molecule has 0 saturated carbocycles. The number of benzene rings is 1. The third kappa shape index (κ3) is 3.32. The van der Waals surface area contributed by atoms with Crippen molar-refractivity contribution in [3.05, 3.63) is 58.9 Å². The SMILES string of the molecule is Cc1csc(NC(=O)c2cn(Cc3ccccc3)nn2)n1. The van der Waals surface area contributed by atoms with Crippen LogP contribution in [0.15, 0.2) is 41.9 Å². The van der Waals surface area contributed by atoms with E-state index in [1.54, 1.807) is 10.9 Å². The summed E-state index contributed by atoms with van der Waals surface area (Å²) in [7, 11) is 0. The molecular formula is C14H13N5OS. The Morgan fingerprint density at radius 3 is 2.86 bits per heavy atom. The van der Waals surface area contributed by atoms with Gasteiger partial charge < -0.3 is 0 Å². The summed E-state index contributed by atoms with van der Waals surface area (Å²) in [4.78, 5) is 16.2. The molecule has 21 heavy (non-hydrogen) atoms. The van der Waals surface area contributed by atoms with Gasteiger partial charge in [-0.25, -0.2) is 9.67 Å². The second kappa shape index (κ2) is 5.84. The van der Waals surface area contributed by atoms with Crippen molar-refractivity contribution in [2.45, 2.75) is 13.5 Å². The summed E-state index contributed by atoms with van der Waals surface area (Å²) < 4.78 is 1.64. The van der Waals surface area contributed by atoms with Crippen molar-refractivity contribution in [2.75, 3.05) is 5.32 Å². The number of thiazole rings is 1. The van der Waals surface area contributed by atoms with E-state index in [-0.39, 0.29) is 11.6 Å². The Hall–Kier alpha value is -2.54. The van der Waals surface area contributed by atoms with Crippen LogP contribution in [0, 0.1) is 6.92 Å². The van der Waals surface area contributed by atoms with Crippen LogP contribution in [-0.4, -0.2) is 25.9 Å². The van der Waals surface area contributed by atoms with E-state index in [0.29, 0.717) is 11.7 Å². The fraction of sp³-hybridized carbons (Fsp3) is 0.143. The largest absolute Gasteiger partial charge is 0.296 e. The molecule has 1 amide bonds. The van der Waals surface area contributed by atoms with E-state index in [1.807, 2.05) is 42.6 Å². The summed E-state index contributed by atoms with van der Waals surface area (Å²) in [5, 5.41) is 13.0. The molecule has 0 unspecified atom stereocenters. The first-order chi connectivity index (χ1) is 10.2. The number of nitrogens with zero attached hydrogens (tertiary/aromatic N) is 4. The number of aromatic nitrogens is 4. The summed E-state index contributed by atoms with van der Waals surface area (Å²) in [5.74, 6) is -0.302. The van der Waals surface area contributed by atoms with Crippen LogP contribution in [0.3, 0.4) is 0 Å². The van der Waals surface area contributed by atoms with E-state index in [0.717, 1.165) is 11.3 Å². The van der Waals surface area contributed by atoms with Gasteiger partial charge in [0.05, 0.1) is 18.4 Å². The number of hydrogen-bond acceptors (Lipinski definition) is 5. The number of carbonyl (C=O) groups excluding carboxylic acids is 1. The van der Waals surface area contributed by atoms with E-state index in [4.69, 9.17) is 0 Å². The van der Waals surface area contributed by atoms with Gasteiger partial charge in [-0.15, -0.1) is 16.4 Å². The third-order valence-electron chi connectivity index (χ3n) is 2.80. The second-order valence-electron chi connectivity index (χ2n) is 4.54. The van der Waals surface area contributed by atoms with Gasteiger partial charge in [0.1, 0.15) is 0 Å². The van der Waals surface area contributed by atoms with Gasteiger partial charge in [0, 0.05) is 5.38 Å². The minimum absolute atomic E-state index is 0.277. The lowest BCUT2D eigenvalue weighted by atomic mass is 10.2. The van der Waals surface area contributed by atoms with Crippen molar-refractivity contribution >= 4 is 22.4 Å². The van der Waals surface area contributed by atoms with Gasteiger partial charge in [-0.3, -0.25) is 10.1 Å². The number of nitrogens with one attached hydrogen (secondary N) is 1. The highest BCUT2D eigenvalue weighted by atomic mass is 32.1. The molecule has 106 valence electrons. The molecule has 1 N–H and O–H groups in total. The van der Waals surface area contributed by atoms with Crippen LogP contribution >= 0.6 is 11.3 Å². The Morgan fingerprint density at radius 2 is 2.14 bits per heavy atom. The van der Waals surface area contributed by atoms with Crippen molar-refractivity contribution in [2.24, 2.45) is 0 Å². The maximum atomic E-state index is 12.0. The van der Waals surface area contributed by atoms with Gasteiger partial charge >= 0.3 is 0 Å². The highest BCUT2D eigenvalue weighted by molar-refractivity contribution is 7.13. The van der Waals surface area contributed by atoms with Crippen LogP contribution in [0.2, 0.25) is 0 Å². The Kier molecular flexibility index (Phi) is 3.74. The van der Waals surface area contributed by atoms with E-state index in [9.17, 15) is 4.79 Å². The number of hydrogen-bond donors (Lipinski definition) is 1. The van der Waals surface area contributed by atoms with Gasteiger partial charge in [0.2, 0.25) is 0 Å². The molecule has 0 spiro atoms. The first-order valence-corrected chi connectivity index (χ1v) is 7.26. The van der Waals surface area contributed by atoms with Crippen molar-refractivity contribution in [1.29, 1.82) is 0 Å². The fourth-order valence-electron chi connectivity index (χ4n) is 1.82. The summed E-state index contributed by atoms with van der Waals surface area (Å²) in [6.07, 6.45) is 1.63. The fourth-order valence-corrected chi connectivity index (χ4v) is 2.51. The van der Waals surface area contributed by atoms with Crippen LogP contribution in [-0.2, 0) is 6.54 Å². The smallest absolute Gasteiger partial charge is 0.279 e. The third-order valence-corrected chi connectivity index (χ3v) is 3.67. The molecule has 0 aliphatic carbocycles. The summed E-state index contributed by atoms with van der Waals surface area (Å²) in [6, 6.07) is 9.88. The van der Waals surface area contributed by atoms with E-state index >= 15 is 0 Å². The van der Waals surface area contributed by atoms with Gasteiger partial charge in [0.15, 0.2) is 10.8 Å². The molecular weight excluding hydrogens is 286 g/mol. The molecule has 6 nitrogen and oxygen atoms in total. The zero-order valence-corrected chi connectivity index (χ0v) is 12.2. The number of carbonyl (C=O) groups is 1. The second-order valence-corrected chi connectivity index (χ2v) is 5.39. The van der Waals surface area contributed by atoms with Gasteiger partial charge in [-0.2, -0.15) is 0 Å². The van der Waals surface area contributed by atoms with Crippen molar-refractivity contribution in [1.82, 2.24) is 20.0 Å². The minimum Gasteiger partial charge on any atom is -0.296 e. The molecule has 3 aromatic rings. The van der Waals surface area contributed by atoms with E-state index in [1.165, 1.54) is 11.3 Å². The molecule has 0 aliphatic heterocycles. The molecule has 1 aromatic carbocycles. The predicted octanol–water partition coefficient (Wildman–Crippen LogP) is 2.34. The Balaban J connectivity index is 1.68. The summed E-state index contributed by atoms with van der Waals surface area (Å²) >= 11 is 1.38. The lowest BCUT2D eigenvalue weighted by molar-refractivity contribution is 0.102. The van der Waals surface area contributed by atoms with Gasteiger partial charge in [-0.1, -0.05) is 35.5 Å². The Bertz CT molecular complexity index is 750. The Labute approximate surface area is 125 Å². The van der Waals surface area contributed by atoms with E-state index < -0.39 is 0 Å². The molecule has 0 saturated heterocycles. The molecule has 2 aromatic heterocycles. The first kappa shape index (κ1) is 13.4. The molecule has 7 heteroatoms. The zero-order chi connectivity index (χ0) is 14.7. The van der Waals surface area contributed by atoms with E-state index in [2.05, 4.69) is 20.6 Å². The molecule has 2 heterocycles. The maximum absolute atomic E-state index is 12.0. The minimum atomic E-state index is -0.302. The molecule has 0 radical (unpaired) electrons. The average Bonchev–Trinajstić information content (AvgIpc) is 3.09. The first-order valence-electron chi connectivity index (χ1n) is 6.38. The normalized spacial score (nSPS) is 10.5. The molecule has 3 rings (SSSR count). The molecule has 0 aliphatic rings. The average molecular weight is 299 g/mol. The molecule has 0 bridgehead atoms. The number of aryl methyl sites for hydroxylation is 1. The standard InChI is InChI=1S/C14H13N5OS/c1-10-9-21-14(15-10)16-13(20)12-8-19(18-17-12)7-11-5-3-2-4-6-11/h2-6,8-9H,7H2,1H3,(H,15,16,20). The van der Waals surface area contributed by atoms with Gasteiger partial charge in [0.25, 0.3) is 5.91 Å². The van der Waals surface area contributed by atoms with Crippen LogP contribution in [0.25, 0.3) is 0 Å².